The Morgan fingerprint density at radius 2 is 0.797 bits per heavy atom. The third-order valence-electron chi connectivity index (χ3n) is 12.2. The van der Waals surface area contributed by atoms with Crippen molar-refractivity contribution in [3.8, 4) is 0 Å². The van der Waals surface area contributed by atoms with Crippen molar-refractivity contribution in [2.75, 3.05) is 64.8 Å². The van der Waals surface area contributed by atoms with Gasteiger partial charge in [-0.2, -0.15) is 0 Å². The summed E-state index contributed by atoms with van der Waals surface area (Å²) >= 11 is 0. The molecule has 2 heterocycles. The molecule has 392 valence electrons. The fraction of sp³-hybridized carbons (Fsp3) is 0.296. The Morgan fingerprint density at radius 1 is 0.500 bits per heavy atom. The molecule has 4 aromatic rings. The van der Waals surface area contributed by atoms with E-state index in [4.69, 9.17) is 31.9 Å². The van der Waals surface area contributed by atoms with Gasteiger partial charge in [-0.15, -0.1) is 0 Å². The van der Waals surface area contributed by atoms with E-state index in [0.29, 0.717) is 75.4 Å². The van der Waals surface area contributed by atoms with E-state index in [1.54, 1.807) is 62.6 Å². The molecule has 0 saturated carbocycles. The molecule has 2 fully saturated rings. The summed E-state index contributed by atoms with van der Waals surface area (Å²) in [5.74, 6) is -9.91. The van der Waals surface area contributed by atoms with Crippen molar-refractivity contribution in [2.45, 2.75) is 49.0 Å². The highest BCUT2D eigenvalue weighted by atomic mass is 16.4. The van der Waals surface area contributed by atoms with Crippen LogP contribution in [0.4, 0.5) is 11.4 Å². The number of para-hydroxylation sites is 2. The van der Waals surface area contributed by atoms with Crippen LogP contribution in [-0.4, -0.2) is 163 Å². The first-order chi connectivity index (χ1) is 35.2. The molecule has 0 spiro atoms. The molecule has 6 rings (SSSR count). The van der Waals surface area contributed by atoms with E-state index in [2.05, 4.69) is 9.80 Å². The molecule has 0 radical (unpaired) electrons. The number of benzene rings is 4. The third kappa shape index (κ3) is 17.8. The summed E-state index contributed by atoms with van der Waals surface area (Å²) in [6.07, 6.45) is 4.90. The minimum absolute atomic E-state index is 0.278. The van der Waals surface area contributed by atoms with Gasteiger partial charge in [0, 0.05) is 89.0 Å². The molecule has 20 nitrogen and oxygen atoms in total. The van der Waals surface area contributed by atoms with Crippen LogP contribution in [0.5, 0.6) is 0 Å². The number of nitrogens with two attached hydrogens (primary N) is 2. The maximum atomic E-state index is 13.7. The van der Waals surface area contributed by atoms with Crippen LogP contribution in [0.15, 0.2) is 146 Å². The van der Waals surface area contributed by atoms with Crippen LogP contribution < -0.4 is 11.5 Å². The predicted molar refractivity (Wildman–Crippen MR) is 273 cm³/mol. The molecule has 2 amide bonds. The number of aliphatic hydroxyl groups excluding tert-OH is 2. The normalized spacial score (nSPS) is 17.2. The molecular formula is C54H62N6O14. The van der Waals surface area contributed by atoms with Crippen LogP contribution in [0.3, 0.4) is 0 Å². The number of hydrogen-bond donors (Lipinski definition) is 8. The SMILES string of the molecule is CN(C(=O)C(C(=O)/C=C/C(=O)O)c1ccccc1N)[C@H](CN1CC[C@H](O)C1)c1ccccc1.CN(C(=O)C(C(=O)/C=C/C(=O)O)c1ccccc1N)[C@H](CN1CC[C@H](O)C1)c1ccccc1.O=C(O)/C=C\C(=O)O. The lowest BCUT2D eigenvalue weighted by molar-refractivity contribution is -0.139. The van der Waals surface area contributed by atoms with Gasteiger partial charge in [0.2, 0.25) is 11.8 Å². The second-order valence-electron chi connectivity index (χ2n) is 17.4. The number of carboxylic acid groups (broad SMARTS) is 4. The van der Waals surface area contributed by atoms with Crippen LogP contribution in [0.2, 0.25) is 0 Å². The summed E-state index contributed by atoms with van der Waals surface area (Å²) in [6, 6.07) is 31.4. The number of nitrogen functional groups attached to an aromatic ring is 2. The highest BCUT2D eigenvalue weighted by Crippen LogP contribution is 2.32. The van der Waals surface area contributed by atoms with Crippen LogP contribution in [0.25, 0.3) is 0 Å². The summed E-state index contributed by atoms with van der Waals surface area (Å²) in [6.45, 7) is 3.42. The second-order valence-corrected chi connectivity index (χ2v) is 17.4. The number of aliphatic carboxylic acids is 4. The second kappa shape index (κ2) is 28.7. The lowest BCUT2D eigenvalue weighted by Crippen LogP contribution is -2.42. The molecule has 2 aliphatic rings. The molecule has 4 aromatic carbocycles. The van der Waals surface area contributed by atoms with E-state index in [1.807, 2.05) is 60.7 Å². The monoisotopic (exact) mass is 1020 g/mol. The van der Waals surface area contributed by atoms with Gasteiger partial charge in [-0.25, -0.2) is 19.2 Å². The van der Waals surface area contributed by atoms with E-state index in [1.165, 1.54) is 9.80 Å². The number of aliphatic hydroxyl groups is 2. The first-order valence-corrected chi connectivity index (χ1v) is 23.3. The largest absolute Gasteiger partial charge is 0.478 e. The number of carbonyl (C=O) groups is 8. The third-order valence-corrected chi connectivity index (χ3v) is 12.2. The number of likely N-dealkylation sites (tertiary alicyclic amines) is 2. The van der Waals surface area contributed by atoms with Crippen LogP contribution in [0.1, 0.15) is 59.0 Å². The number of rotatable bonds is 20. The van der Waals surface area contributed by atoms with Gasteiger partial charge in [0.15, 0.2) is 11.6 Å². The lowest BCUT2D eigenvalue weighted by Gasteiger charge is -2.34. The van der Waals surface area contributed by atoms with Gasteiger partial charge >= 0.3 is 23.9 Å². The van der Waals surface area contributed by atoms with Crippen molar-refractivity contribution >= 4 is 58.6 Å². The van der Waals surface area contributed by atoms with Crippen LogP contribution in [-0.2, 0) is 38.4 Å². The van der Waals surface area contributed by atoms with Gasteiger partial charge in [-0.1, -0.05) is 97.1 Å². The number of β-amino-alcohol motifs (C(OH)–C–C–N with tert-alkyl or cyclic N) is 2. The van der Waals surface area contributed by atoms with E-state index < -0.39 is 71.3 Å². The molecule has 20 heteroatoms. The number of carboxylic acids is 4. The summed E-state index contributed by atoms with van der Waals surface area (Å²) < 4.78 is 0. The van der Waals surface area contributed by atoms with Crippen molar-refractivity contribution in [3.63, 3.8) is 0 Å². The number of allylic oxidation sites excluding steroid dienone is 2. The van der Waals surface area contributed by atoms with Gasteiger partial charge in [0.25, 0.3) is 0 Å². The van der Waals surface area contributed by atoms with E-state index in [-0.39, 0.29) is 23.5 Å². The molecular weight excluding hydrogens is 957 g/mol. The average molecular weight is 1020 g/mol. The molecule has 2 unspecified atom stereocenters. The maximum absolute atomic E-state index is 13.7. The average Bonchev–Trinajstić information content (AvgIpc) is 4.00. The first-order valence-electron chi connectivity index (χ1n) is 23.3. The van der Waals surface area contributed by atoms with Crippen molar-refractivity contribution in [1.82, 2.24) is 19.6 Å². The van der Waals surface area contributed by atoms with Crippen molar-refractivity contribution in [1.29, 1.82) is 0 Å². The predicted octanol–water partition coefficient (Wildman–Crippen LogP) is 3.37. The smallest absolute Gasteiger partial charge is 0.328 e. The summed E-state index contributed by atoms with van der Waals surface area (Å²) in [4.78, 5) is 102. The standard InChI is InChI=1S/2C25H29N3O5.C4H4O4/c2*1-27(21(17-7-3-2-4-8-17)16-28-14-13-18(29)15-28)25(33)24(22(30)11-12-23(31)32)19-9-5-6-10-20(19)26;5-3(6)1-2-4(7)8/h2*2-12,18,21,24,29H,13-16,26H2,1H3,(H,31,32);1-2H,(H,5,6)(H,7,8)/b2*12-11+;2-1-/t2*18-,21+,24?;/m00./s1. The number of hydrogen-bond acceptors (Lipinski definition) is 14. The Bertz CT molecular complexity index is 2500. The Morgan fingerprint density at radius 3 is 1.08 bits per heavy atom. The number of carbonyl (C=O) groups excluding carboxylic acids is 4. The van der Waals surface area contributed by atoms with Gasteiger partial charge in [0.05, 0.1) is 24.3 Å². The summed E-state index contributed by atoms with van der Waals surface area (Å²) in [5, 5.41) is 53.4. The van der Waals surface area contributed by atoms with Gasteiger partial charge in [-0.3, -0.25) is 29.0 Å². The van der Waals surface area contributed by atoms with Crippen LogP contribution in [0, 0.1) is 0 Å². The van der Waals surface area contributed by atoms with Crippen LogP contribution >= 0.6 is 0 Å². The van der Waals surface area contributed by atoms with Gasteiger partial charge in [-0.05, 0) is 59.4 Å². The Balaban J connectivity index is 0.000000279. The van der Waals surface area contributed by atoms with Gasteiger partial charge in [0.1, 0.15) is 11.8 Å². The minimum atomic E-state index is -1.28. The zero-order valence-corrected chi connectivity index (χ0v) is 40.9. The molecule has 0 aromatic heterocycles. The number of nitrogens with zero attached hydrogens (tertiary/aromatic N) is 4. The number of ketones is 2. The quantitative estimate of drug-likeness (QED) is 0.0357. The molecule has 2 saturated heterocycles. The van der Waals surface area contributed by atoms with E-state index in [9.17, 15) is 48.6 Å². The topological polar surface area (TPSA) is 323 Å². The van der Waals surface area contributed by atoms with Gasteiger partial charge < -0.3 is 51.9 Å². The van der Waals surface area contributed by atoms with Crippen molar-refractivity contribution < 1.29 is 69.0 Å². The number of likely N-dealkylation sites (N-methyl/N-ethyl adjacent to an activating group) is 2. The zero-order valence-electron chi connectivity index (χ0n) is 40.9. The summed E-state index contributed by atoms with van der Waals surface area (Å²) in [7, 11) is 3.26. The Hall–Kier alpha value is -8.30. The lowest BCUT2D eigenvalue weighted by atomic mass is 9.90. The highest BCUT2D eigenvalue weighted by Gasteiger charge is 2.37. The fourth-order valence-electron chi connectivity index (χ4n) is 8.42. The Labute approximate surface area is 427 Å². The highest BCUT2D eigenvalue weighted by molar-refractivity contribution is 6.14. The molecule has 2 aliphatic heterocycles. The minimum Gasteiger partial charge on any atom is -0.478 e. The summed E-state index contributed by atoms with van der Waals surface area (Å²) in [5.41, 5.74) is 15.2. The van der Waals surface area contributed by atoms with E-state index >= 15 is 0 Å². The first kappa shape index (κ1) is 58.3. The number of anilines is 2. The maximum Gasteiger partial charge on any atom is 0.328 e. The fourth-order valence-corrected chi connectivity index (χ4v) is 8.42. The molecule has 0 bridgehead atoms. The van der Waals surface area contributed by atoms with E-state index in [0.717, 1.165) is 35.4 Å². The molecule has 10 N–H and O–H groups in total. The number of amides is 2. The van der Waals surface area contributed by atoms with Crippen molar-refractivity contribution in [2.24, 2.45) is 0 Å². The zero-order chi connectivity index (χ0) is 54.5. The molecule has 6 atom stereocenters. The Kier molecular flexibility index (Phi) is 22.6. The van der Waals surface area contributed by atoms with Crippen molar-refractivity contribution in [3.05, 3.63) is 168 Å². The molecule has 74 heavy (non-hydrogen) atoms. The molecule has 0 aliphatic carbocycles.